The van der Waals surface area contributed by atoms with Crippen LogP contribution in [0.25, 0.3) is 10.8 Å². The zero-order valence-electron chi connectivity index (χ0n) is 17.7. The van der Waals surface area contributed by atoms with Crippen LogP contribution in [-0.4, -0.2) is 34.8 Å². The first-order chi connectivity index (χ1) is 15.5. The van der Waals surface area contributed by atoms with Crippen molar-refractivity contribution in [2.75, 3.05) is 19.1 Å². The summed E-state index contributed by atoms with van der Waals surface area (Å²) >= 11 is 6.11. The van der Waals surface area contributed by atoms with Crippen molar-refractivity contribution < 1.29 is 9.53 Å². The van der Waals surface area contributed by atoms with Gasteiger partial charge in [-0.25, -0.2) is 4.68 Å². The highest BCUT2D eigenvalue weighted by molar-refractivity contribution is 6.31. The second-order valence-electron chi connectivity index (χ2n) is 7.26. The molecule has 4 rings (SSSR count). The van der Waals surface area contributed by atoms with E-state index >= 15 is 0 Å². The number of nitrogens with zero attached hydrogens (tertiary/aromatic N) is 4. The Morgan fingerprint density at radius 3 is 2.53 bits per heavy atom. The highest BCUT2D eigenvalue weighted by Gasteiger charge is 2.19. The van der Waals surface area contributed by atoms with Gasteiger partial charge in [-0.15, -0.1) is 0 Å². The number of pyridine rings is 1. The van der Waals surface area contributed by atoms with Crippen LogP contribution >= 0.6 is 11.6 Å². The summed E-state index contributed by atoms with van der Waals surface area (Å²) < 4.78 is 6.56. The first kappa shape index (κ1) is 21.5. The van der Waals surface area contributed by atoms with Crippen molar-refractivity contribution in [1.82, 2.24) is 14.8 Å². The lowest BCUT2D eigenvalue weighted by Crippen LogP contribution is -2.35. The third-order valence-electron chi connectivity index (χ3n) is 5.23. The molecule has 0 aliphatic rings. The van der Waals surface area contributed by atoms with E-state index in [1.54, 1.807) is 49.8 Å². The number of hydrogen-bond donors (Lipinski definition) is 0. The molecule has 0 radical (unpaired) electrons. The molecule has 0 atom stereocenters. The summed E-state index contributed by atoms with van der Waals surface area (Å²) in [7, 11) is 3.13. The van der Waals surface area contributed by atoms with E-state index in [1.165, 1.54) is 16.7 Å². The van der Waals surface area contributed by atoms with Crippen LogP contribution in [0, 0.1) is 0 Å². The Kier molecular flexibility index (Phi) is 6.18. The molecule has 2 aromatic carbocycles. The molecule has 7 nitrogen and oxygen atoms in total. The van der Waals surface area contributed by atoms with Gasteiger partial charge in [0.1, 0.15) is 12.3 Å². The van der Waals surface area contributed by atoms with Crippen molar-refractivity contribution in [2.24, 2.45) is 0 Å². The van der Waals surface area contributed by atoms with Gasteiger partial charge in [0.2, 0.25) is 5.91 Å². The second-order valence-corrected chi connectivity index (χ2v) is 7.69. The molecular weight excluding hydrogens is 428 g/mol. The number of halogens is 1. The zero-order valence-corrected chi connectivity index (χ0v) is 18.4. The Hall–Kier alpha value is -3.71. The maximum Gasteiger partial charge on any atom is 0.275 e. The zero-order chi connectivity index (χ0) is 22.7. The molecule has 0 unspecified atom stereocenters. The fourth-order valence-electron chi connectivity index (χ4n) is 3.53. The van der Waals surface area contributed by atoms with Crippen molar-refractivity contribution in [3.05, 3.63) is 93.6 Å². The molecule has 162 valence electrons. The number of fused-ring (bicyclic) bond motifs is 1. The topological polar surface area (TPSA) is 77.3 Å². The maximum atomic E-state index is 13.1. The largest absolute Gasteiger partial charge is 0.495 e. The average molecular weight is 449 g/mol. The molecule has 0 spiro atoms. The van der Waals surface area contributed by atoms with Gasteiger partial charge >= 0.3 is 0 Å². The minimum Gasteiger partial charge on any atom is -0.495 e. The minimum absolute atomic E-state index is 0.223. The maximum absolute atomic E-state index is 13.1. The van der Waals surface area contributed by atoms with E-state index in [4.69, 9.17) is 16.3 Å². The van der Waals surface area contributed by atoms with E-state index in [0.29, 0.717) is 34.0 Å². The normalized spacial score (nSPS) is 10.8. The standard InChI is InChI=1S/C24H21ClN4O3/c1-28(21-14-17(25)7-8-22(21)32-2)23(30)15-29-24(31)19-6-4-3-5-18(19)20(27-29)13-16-9-11-26-12-10-16/h3-12,14H,13,15H2,1-2H3. The Morgan fingerprint density at radius 1 is 1.09 bits per heavy atom. The molecule has 0 saturated heterocycles. The van der Waals surface area contributed by atoms with Gasteiger partial charge < -0.3 is 9.64 Å². The molecule has 0 N–H and O–H groups in total. The smallest absolute Gasteiger partial charge is 0.275 e. The van der Waals surface area contributed by atoms with Gasteiger partial charge in [-0.05, 0) is 42.0 Å². The Balaban J connectivity index is 1.71. The van der Waals surface area contributed by atoms with Crippen LogP contribution in [0.4, 0.5) is 5.69 Å². The van der Waals surface area contributed by atoms with E-state index in [-0.39, 0.29) is 18.0 Å². The number of amides is 1. The number of carbonyl (C=O) groups excluding carboxylic acids is 1. The van der Waals surface area contributed by atoms with Crippen molar-refractivity contribution in [3.63, 3.8) is 0 Å². The summed E-state index contributed by atoms with van der Waals surface area (Å²) in [6, 6.07) is 16.1. The molecule has 0 saturated carbocycles. The highest BCUT2D eigenvalue weighted by atomic mass is 35.5. The van der Waals surface area contributed by atoms with Gasteiger partial charge in [0.05, 0.1) is 23.9 Å². The average Bonchev–Trinajstić information content (AvgIpc) is 2.82. The van der Waals surface area contributed by atoms with E-state index < -0.39 is 0 Å². The Morgan fingerprint density at radius 2 is 1.81 bits per heavy atom. The van der Waals surface area contributed by atoms with Crippen LogP contribution in [0.2, 0.25) is 5.02 Å². The number of hydrogen-bond acceptors (Lipinski definition) is 5. The van der Waals surface area contributed by atoms with Crippen LogP contribution in [0.5, 0.6) is 5.75 Å². The second kappa shape index (κ2) is 9.20. The summed E-state index contributed by atoms with van der Waals surface area (Å²) in [5.74, 6) is 0.174. The van der Waals surface area contributed by atoms with Gasteiger partial charge in [0.15, 0.2) is 0 Å². The molecule has 2 aromatic heterocycles. The molecule has 0 aliphatic heterocycles. The predicted molar refractivity (Wildman–Crippen MR) is 124 cm³/mol. The van der Waals surface area contributed by atoms with Gasteiger partial charge in [-0.2, -0.15) is 5.10 Å². The van der Waals surface area contributed by atoms with Crippen LogP contribution in [-0.2, 0) is 17.8 Å². The number of rotatable bonds is 6. The van der Waals surface area contributed by atoms with E-state index in [9.17, 15) is 9.59 Å². The van der Waals surface area contributed by atoms with Crippen molar-refractivity contribution in [3.8, 4) is 5.75 Å². The lowest BCUT2D eigenvalue weighted by molar-refractivity contribution is -0.119. The number of anilines is 1. The van der Waals surface area contributed by atoms with Crippen LogP contribution in [0.1, 0.15) is 11.3 Å². The Bertz CT molecular complexity index is 1340. The summed E-state index contributed by atoms with van der Waals surface area (Å²) in [6.45, 7) is -0.223. The lowest BCUT2D eigenvalue weighted by atomic mass is 10.1. The number of ether oxygens (including phenoxy) is 1. The van der Waals surface area contributed by atoms with Gasteiger partial charge in [0.25, 0.3) is 5.56 Å². The molecule has 0 aliphatic carbocycles. The van der Waals surface area contributed by atoms with Crippen molar-refractivity contribution >= 4 is 34.0 Å². The van der Waals surface area contributed by atoms with Crippen LogP contribution in [0.3, 0.4) is 0 Å². The molecule has 8 heteroatoms. The third kappa shape index (κ3) is 4.33. The fourth-order valence-corrected chi connectivity index (χ4v) is 3.70. The summed E-state index contributed by atoms with van der Waals surface area (Å²) in [5, 5.41) is 6.31. The number of benzene rings is 2. The van der Waals surface area contributed by atoms with Gasteiger partial charge in [-0.3, -0.25) is 14.6 Å². The van der Waals surface area contributed by atoms with E-state index in [0.717, 1.165) is 10.9 Å². The third-order valence-corrected chi connectivity index (χ3v) is 5.46. The van der Waals surface area contributed by atoms with Crippen molar-refractivity contribution in [2.45, 2.75) is 13.0 Å². The highest BCUT2D eigenvalue weighted by Crippen LogP contribution is 2.30. The predicted octanol–water partition coefficient (Wildman–Crippen LogP) is 3.71. The lowest BCUT2D eigenvalue weighted by Gasteiger charge is -2.21. The van der Waals surface area contributed by atoms with Crippen LogP contribution < -0.4 is 15.2 Å². The monoisotopic (exact) mass is 448 g/mol. The quantitative estimate of drug-likeness (QED) is 0.449. The molecule has 4 aromatic rings. The van der Waals surface area contributed by atoms with Gasteiger partial charge in [0, 0.05) is 36.3 Å². The molecule has 1 amide bonds. The SMILES string of the molecule is COc1ccc(Cl)cc1N(C)C(=O)Cn1nc(Cc2ccncc2)c2ccccc2c1=O. The van der Waals surface area contributed by atoms with E-state index in [1.807, 2.05) is 24.3 Å². The molecule has 32 heavy (non-hydrogen) atoms. The first-order valence-electron chi connectivity index (χ1n) is 9.95. The molecule has 0 bridgehead atoms. The molecular formula is C24H21ClN4O3. The summed E-state index contributed by atoms with van der Waals surface area (Å²) in [4.78, 5) is 31.6. The molecule has 0 fully saturated rings. The number of carbonyl (C=O) groups is 1. The Labute approximate surface area is 189 Å². The van der Waals surface area contributed by atoms with Gasteiger partial charge in [-0.1, -0.05) is 29.8 Å². The summed E-state index contributed by atoms with van der Waals surface area (Å²) in [5.41, 5.74) is 1.91. The number of likely N-dealkylation sites (N-methyl/N-ethyl adjacent to an activating group) is 1. The summed E-state index contributed by atoms with van der Waals surface area (Å²) in [6.07, 6.45) is 3.93. The molecule has 2 heterocycles. The number of methoxy groups -OCH3 is 1. The van der Waals surface area contributed by atoms with Crippen LogP contribution in [0.15, 0.2) is 71.8 Å². The fraction of sp³-hybridized carbons (Fsp3) is 0.167. The van der Waals surface area contributed by atoms with E-state index in [2.05, 4.69) is 10.1 Å². The first-order valence-corrected chi connectivity index (χ1v) is 10.3. The minimum atomic E-state index is -0.328. The number of aromatic nitrogens is 3. The van der Waals surface area contributed by atoms with Crippen molar-refractivity contribution in [1.29, 1.82) is 0 Å².